The first kappa shape index (κ1) is 15.8. The summed E-state index contributed by atoms with van der Waals surface area (Å²) in [5, 5.41) is 3.32. The Labute approximate surface area is 127 Å². The number of hydrogen-bond acceptors (Lipinski definition) is 3. The summed E-state index contributed by atoms with van der Waals surface area (Å²) >= 11 is 0. The predicted molar refractivity (Wildman–Crippen MR) is 84.5 cm³/mol. The number of nitrogens with zero attached hydrogens (tertiary/aromatic N) is 1. The zero-order chi connectivity index (χ0) is 15.2. The molecule has 1 aromatic rings. The summed E-state index contributed by atoms with van der Waals surface area (Å²) in [4.78, 5) is 14.4. The molecule has 1 heterocycles. The maximum absolute atomic E-state index is 12.4. The molecule has 0 radical (unpaired) electrons. The van der Waals surface area contributed by atoms with Crippen molar-refractivity contribution < 1.29 is 9.53 Å². The van der Waals surface area contributed by atoms with Crippen LogP contribution < -0.4 is 10.1 Å². The Morgan fingerprint density at radius 2 is 2.24 bits per heavy atom. The molecule has 1 saturated heterocycles. The molecule has 2 rings (SSSR count). The van der Waals surface area contributed by atoms with E-state index in [2.05, 4.69) is 25.2 Å². The van der Waals surface area contributed by atoms with Gasteiger partial charge in [0.25, 0.3) is 0 Å². The summed E-state index contributed by atoms with van der Waals surface area (Å²) in [5.74, 6) is 1.50. The van der Waals surface area contributed by atoms with Crippen LogP contribution >= 0.6 is 0 Å². The molecule has 4 nitrogen and oxygen atoms in total. The number of benzene rings is 1. The summed E-state index contributed by atoms with van der Waals surface area (Å²) in [6.07, 6.45) is 1.47. The number of rotatable bonds is 5. The summed E-state index contributed by atoms with van der Waals surface area (Å²) in [5.41, 5.74) is 1.17. The van der Waals surface area contributed by atoms with Gasteiger partial charge >= 0.3 is 0 Å². The monoisotopic (exact) mass is 290 g/mol. The number of amides is 1. The Hall–Kier alpha value is -1.55. The fourth-order valence-corrected chi connectivity index (χ4v) is 2.95. The zero-order valence-corrected chi connectivity index (χ0v) is 13.3. The van der Waals surface area contributed by atoms with Gasteiger partial charge in [0.05, 0.1) is 7.11 Å². The molecule has 1 amide bonds. The van der Waals surface area contributed by atoms with E-state index in [0.717, 1.165) is 31.8 Å². The van der Waals surface area contributed by atoms with Gasteiger partial charge in [0.15, 0.2) is 0 Å². The summed E-state index contributed by atoms with van der Waals surface area (Å²) in [6, 6.07) is 8.34. The first-order chi connectivity index (χ1) is 10.1. The SMILES string of the molecule is COc1ccccc1CC(C)CC(=O)N1CCNCC1C. The van der Waals surface area contributed by atoms with Gasteiger partial charge in [-0.25, -0.2) is 0 Å². The maximum Gasteiger partial charge on any atom is 0.223 e. The third kappa shape index (κ3) is 4.21. The van der Waals surface area contributed by atoms with Gasteiger partial charge in [-0.2, -0.15) is 0 Å². The average Bonchev–Trinajstić information content (AvgIpc) is 2.48. The molecule has 21 heavy (non-hydrogen) atoms. The summed E-state index contributed by atoms with van der Waals surface area (Å²) < 4.78 is 5.38. The number of hydrogen-bond donors (Lipinski definition) is 1. The third-order valence-electron chi connectivity index (χ3n) is 4.11. The van der Waals surface area contributed by atoms with Crippen LogP contribution in [0.4, 0.5) is 0 Å². The molecule has 4 heteroatoms. The lowest BCUT2D eigenvalue weighted by atomic mass is 9.96. The number of carbonyl (C=O) groups is 1. The summed E-state index contributed by atoms with van der Waals surface area (Å²) in [6.45, 7) is 6.86. The number of piperazine rings is 1. The average molecular weight is 290 g/mol. The smallest absolute Gasteiger partial charge is 0.223 e. The molecule has 0 aliphatic carbocycles. The van der Waals surface area contributed by atoms with Crippen molar-refractivity contribution in [3.8, 4) is 5.75 Å². The van der Waals surface area contributed by atoms with Crippen molar-refractivity contribution in [1.29, 1.82) is 0 Å². The Balaban J connectivity index is 1.91. The molecule has 1 aliphatic heterocycles. The maximum atomic E-state index is 12.4. The van der Waals surface area contributed by atoms with Crippen molar-refractivity contribution in [3.63, 3.8) is 0 Å². The zero-order valence-electron chi connectivity index (χ0n) is 13.3. The Bertz CT molecular complexity index is 476. The Kier molecular flexibility index (Phi) is 5.62. The molecule has 2 atom stereocenters. The van der Waals surface area contributed by atoms with E-state index in [0.29, 0.717) is 18.4 Å². The van der Waals surface area contributed by atoms with Gasteiger partial charge in [-0.15, -0.1) is 0 Å². The van der Waals surface area contributed by atoms with Gasteiger partial charge in [-0.1, -0.05) is 25.1 Å². The highest BCUT2D eigenvalue weighted by atomic mass is 16.5. The fourth-order valence-electron chi connectivity index (χ4n) is 2.95. The van der Waals surface area contributed by atoms with Crippen molar-refractivity contribution in [2.45, 2.75) is 32.7 Å². The minimum atomic E-state index is 0.270. The second-order valence-electron chi connectivity index (χ2n) is 5.97. The van der Waals surface area contributed by atoms with Crippen molar-refractivity contribution in [1.82, 2.24) is 10.2 Å². The molecule has 2 unspecified atom stereocenters. The van der Waals surface area contributed by atoms with Crippen LogP contribution in [0.3, 0.4) is 0 Å². The molecule has 1 fully saturated rings. The van der Waals surface area contributed by atoms with E-state index < -0.39 is 0 Å². The van der Waals surface area contributed by atoms with Crippen LogP contribution in [-0.4, -0.2) is 43.6 Å². The number of carbonyl (C=O) groups excluding carboxylic acids is 1. The lowest BCUT2D eigenvalue weighted by Gasteiger charge is -2.34. The van der Waals surface area contributed by atoms with E-state index in [-0.39, 0.29) is 5.91 Å². The predicted octanol–water partition coefficient (Wildman–Crippen LogP) is 2.08. The molecule has 0 aromatic heterocycles. The van der Waals surface area contributed by atoms with Crippen LogP contribution in [0, 0.1) is 5.92 Å². The molecule has 0 saturated carbocycles. The van der Waals surface area contributed by atoms with Gasteiger partial charge in [-0.05, 0) is 30.9 Å². The number of para-hydroxylation sites is 1. The third-order valence-corrected chi connectivity index (χ3v) is 4.11. The molecule has 1 N–H and O–H groups in total. The van der Waals surface area contributed by atoms with Crippen molar-refractivity contribution in [2.24, 2.45) is 5.92 Å². The second kappa shape index (κ2) is 7.46. The molecule has 1 aromatic carbocycles. The van der Waals surface area contributed by atoms with E-state index in [1.807, 2.05) is 23.1 Å². The normalized spacial score (nSPS) is 20.1. The van der Waals surface area contributed by atoms with E-state index in [1.54, 1.807) is 7.11 Å². The fraction of sp³-hybridized carbons (Fsp3) is 0.588. The Morgan fingerprint density at radius 3 is 2.95 bits per heavy atom. The van der Waals surface area contributed by atoms with Crippen LogP contribution in [0.15, 0.2) is 24.3 Å². The lowest BCUT2D eigenvalue weighted by Crippen LogP contribution is -2.52. The topological polar surface area (TPSA) is 41.6 Å². The van der Waals surface area contributed by atoms with Gasteiger partial charge in [-0.3, -0.25) is 4.79 Å². The van der Waals surface area contributed by atoms with Gasteiger partial charge < -0.3 is 15.0 Å². The van der Waals surface area contributed by atoms with Crippen molar-refractivity contribution in [2.75, 3.05) is 26.7 Å². The van der Waals surface area contributed by atoms with Crippen LogP contribution in [0.2, 0.25) is 0 Å². The minimum absolute atomic E-state index is 0.270. The van der Waals surface area contributed by atoms with E-state index in [1.165, 1.54) is 5.56 Å². The number of nitrogens with one attached hydrogen (secondary N) is 1. The van der Waals surface area contributed by atoms with Gasteiger partial charge in [0.1, 0.15) is 5.75 Å². The van der Waals surface area contributed by atoms with Gasteiger partial charge in [0.2, 0.25) is 5.91 Å². The second-order valence-corrected chi connectivity index (χ2v) is 5.97. The van der Waals surface area contributed by atoms with Crippen LogP contribution in [0.1, 0.15) is 25.8 Å². The molecular formula is C17H26N2O2. The first-order valence-corrected chi connectivity index (χ1v) is 7.74. The molecule has 1 aliphatic rings. The van der Waals surface area contributed by atoms with Crippen LogP contribution in [0.25, 0.3) is 0 Å². The standard InChI is InChI=1S/C17H26N2O2/c1-13(10-15-6-4-5-7-16(15)21-3)11-17(20)19-9-8-18-12-14(19)2/h4-7,13-14,18H,8-12H2,1-3H3. The quantitative estimate of drug-likeness (QED) is 0.903. The highest BCUT2D eigenvalue weighted by Crippen LogP contribution is 2.22. The lowest BCUT2D eigenvalue weighted by molar-refractivity contribution is -0.134. The van der Waals surface area contributed by atoms with Crippen LogP contribution in [-0.2, 0) is 11.2 Å². The molecule has 116 valence electrons. The van der Waals surface area contributed by atoms with E-state index in [4.69, 9.17) is 4.74 Å². The molecular weight excluding hydrogens is 264 g/mol. The molecule has 0 bridgehead atoms. The van der Waals surface area contributed by atoms with E-state index in [9.17, 15) is 4.79 Å². The largest absolute Gasteiger partial charge is 0.496 e. The van der Waals surface area contributed by atoms with Crippen molar-refractivity contribution in [3.05, 3.63) is 29.8 Å². The Morgan fingerprint density at radius 1 is 1.48 bits per heavy atom. The highest BCUT2D eigenvalue weighted by Gasteiger charge is 2.24. The number of ether oxygens (including phenoxy) is 1. The van der Waals surface area contributed by atoms with E-state index >= 15 is 0 Å². The van der Waals surface area contributed by atoms with Gasteiger partial charge in [0, 0.05) is 32.1 Å². The first-order valence-electron chi connectivity index (χ1n) is 7.74. The molecule has 0 spiro atoms. The number of methoxy groups -OCH3 is 1. The highest BCUT2D eigenvalue weighted by molar-refractivity contribution is 5.77. The van der Waals surface area contributed by atoms with Crippen molar-refractivity contribution >= 4 is 5.91 Å². The minimum Gasteiger partial charge on any atom is -0.496 e. The summed E-state index contributed by atoms with van der Waals surface area (Å²) in [7, 11) is 1.69. The van der Waals surface area contributed by atoms with Crippen LogP contribution in [0.5, 0.6) is 5.75 Å².